The first-order valence-corrected chi connectivity index (χ1v) is 10.5. The number of terminal acetylenes is 1. The number of hydrogen-bond acceptors (Lipinski definition) is 0. The van der Waals surface area contributed by atoms with Crippen molar-refractivity contribution in [1.82, 2.24) is 0 Å². The smallest absolute Gasteiger partial charge is 0.0340 e. The Morgan fingerprint density at radius 3 is 2.52 bits per heavy atom. The highest BCUT2D eigenvalue weighted by Gasteiger charge is 2.68. The molecule has 0 amide bonds. The number of fused-ring (bicyclic) bond motifs is 5. The van der Waals surface area contributed by atoms with Crippen molar-refractivity contribution in [3.05, 3.63) is 23.8 Å². The summed E-state index contributed by atoms with van der Waals surface area (Å²) < 4.78 is 0. The zero-order valence-corrected chi connectivity index (χ0v) is 17.0. The van der Waals surface area contributed by atoms with E-state index in [1.165, 1.54) is 50.5 Å². The van der Waals surface area contributed by atoms with Crippen molar-refractivity contribution in [2.75, 3.05) is 0 Å². The Morgan fingerprint density at radius 1 is 1.12 bits per heavy atom. The van der Waals surface area contributed by atoms with Crippen molar-refractivity contribution in [3.8, 4) is 12.3 Å². The van der Waals surface area contributed by atoms with Gasteiger partial charge in [-0.25, -0.2) is 0 Å². The molecule has 136 valence electrons. The first kappa shape index (κ1) is 17.5. The highest BCUT2D eigenvalue weighted by molar-refractivity contribution is 5.35. The maximum Gasteiger partial charge on any atom is 0.0340 e. The highest BCUT2D eigenvalue weighted by atomic mass is 14.7. The molecule has 0 bridgehead atoms. The number of rotatable bonds is 0. The summed E-state index contributed by atoms with van der Waals surface area (Å²) in [6.45, 7) is 17.0. The summed E-state index contributed by atoms with van der Waals surface area (Å²) >= 11 is 0. The zero-order valence-electron chi connectivity index (χ0n) is 17.0. The summed E-state index contributed by atoms with van der Waals surface area (Å²) in [5.41, 5.74) is 4.26. The van der Waals surface area contributed by atoms with Gasteiger partial charge in [-0.2, -0.15) is 0 Å². The van der Waals surface area contributed by atoms with Gasteiger partial charge in [-0.05, 0) is 85.9 Å². The van der Waals surface area contributed by atoms with Crippen molar-refractivity contribution in [1.29, 1.82) is 0 Å². The molecule has 25 heavy (non-hydrogen) atoms. The maximum absolute atomic E-state index is 6.10. The Labute approximate surface area is 155 Å². The molecule has 0 heteroatoms. The van der Waals surface area contributed by atoms with Crippen LogP contribution in [-0.2, 0) is 0 Å². The molecular weight excluding hydrogens is 300 g/mol. The predicted octanol–water partition coefficient (Wildman–Crippen LogP) is 6.78. The van der Waals surface area contributed by atoms with Crippen LogP contribution in [0.1, 0.15) is 79.6 Å². The highest BCUT2D eigenvalue weighted by Crippen LogP contribution is 2.75. The van der Waals surface area contributed by atoms with Crippen LogP contribution in [0, 0.1) is 51.8 Å². The van der Waals surface area contributed by atoms with Crippen LogP contribution in [0.3, 0.4) is 0 Å². The van der Waals surface area contributed by atoms with Crippen molar-refractivity contribution in [2.24, 2.45) is 39.4 Å². The predicted molar refractivity (Wildman–Crippen MR) is 107 cm³/mol. The molecule has 0 aromatic rings. The van der Waals surface area contributed by atoms with Gasteiger partial charge in [0.15, 0.2) is 0 Å². The lowest BCUT2D eigenvalue weighted by molar-refractivity contribution is -0.150. The topological polar surface area (TPSA) is 0 Å². The zero-order chi connectivity index (χ0) is 18.3. The molecule has 0 saturated heterocycles. The van der Waals surface area contributed by atoms with E-state index in [-0.39, 0.29) is 5.41 Å². The van der Waals surface area contributed by atoms with Gasteiger partial charge >= 0.3 is 0 Å². The first-order valence-electron chi connectivity index (χ1n) is 10.5. The van der Waals surface area contributed by atoms with Crippen LogP contribution in [-0.4, -0.2) is 0 Å². The Morgan fingerprint density at radius 2 is 1.84 bits per heavy atom. The maximum atomic E-state index is 6.10. The van der Waals surface area contributed by atoms with E-state index in [1.54, 1.807) is 5.57 Å². The van der Waals surface area contributed by atoms with Crippen molar-refractivity contribution in [3.63, 3.8) is 0 Å². The fourth-order valence-corrected chi connectivity index (χ4v) is 8.60. The van der Waals surface area contributed by atoms with Crippen LogP contribution < -0.4 is 0 Å². The molecule has 3 saturated carbocycles. The standard InChI is InChI=1S/C25H36/c1-8-22(4)12-11-20-24(6)14-10-19-15-17(2)9-13-23(19,5)21(24)18(3)16-25(20,22)7/h1,15,18,20-21H,2,9-14,16H2,3-7H3/t18-,20-,21+,22+,23-,24-,25-/m0/s1. The minimum atomic E-state index is 0.0811. The molecule has 0 heterocycles. The Kier molecular flexibility index (Phi) is 3.53. The van der Waals surface area contributed by atoms with Gasteiger partial charge < -0.3 is 0 Å². The lowest BCUT2D eigenvalue weighted by Crippen LogP contribution is -2.60. The second-order valence-electron chi connectivity index (χ2n) is 10.9. The quantitative estimate of drug-likeness (QED) is 0.428. The van der Waals surface area contributed by atoms with Crippen LogP contribution in [0.15, 0.2) is 23.8 Å². The fraction of sp³-hybridized carbons (Fsp3) is 0.760. The van der Waals surface area contributed by atoms with E-state index < -0.39 is 0 Å². The van der Waals surface area contributed by atoms with E-state index in [4.69, 9.17) is 6.42 Å². The van der Waals surface area contributed by atoms with E-state index in [0.717, 1.165) is 17.8 Å². The van der Waals surface area contributed by atoms with Gasteiger partial charge in [0, 0.05) is 5.41 Å². The molecule has 7 atom stereocenters. The van der Waals surface area contributed by atoms with E-state index in [0.29, 0.717) is 16.2 Å². The Hall–Kier alpha value is -0.960. The third-order valence-electron chi connectivity index (χ3n) is 9.80. The van der Waals surface area contributed by atoms with Gasteiger partial charge in [0.25, 0.3) is 0 Å². The molecule has 4 aliphatic carbocycles. The van der Waals surface area contributed by atoms with Gasteiger partial charge in [-0.3, -0.25) is 0 Å². The van der Waals surface area contributed by atoms with Gasteiger partial charge in [0.05, 0.1) is 0 Å². The number of allylic oxidation sites excluding steroid dienone is 3. The summed E-state index contributed by atoms with van der Waals surface area (Å²) in [6.07, 6.45) is 17.5. The van der Waals surface area contributed by atoms with Gasteiger partial charge in [0.2, 0.25) is 0 Å². The molecule has 0 aromatic carbocycles. The van der Waals surface area contributed by atoms with Crippen molar-refractivity contribution < 1.29 is 0 Å². The van der Waals surface area contributed by atoms with Crippen LogP contribution >= 0.6 is 0 Å². The van der Waals surface area contributed by atoms with E-state index in [9.17, 15) is 0 Å². The average Bonchev–Trinajstić information content (AvgIpc) is 2.80. The number of hydrogen-bond donors (Lipinski definition) is 0. The molecule has 4 rings (SSSR count). The molecule has 0 radical (unpaired) electrons. The summed E-state index contributed by atoms with van der Waals surface area (Å²) in [5, 5.41) is 0. The van der Waals surface area contributed by atoms with Crippen LogP contribution in [0.5, 0.6) is 0 Å². The van der Waals surface area contributed by atoms with E-state index in [2.05, 4.69) is 53.2 Å². The second-order valence-corrected chi connectivity index (χ2v) is 10.9. The lowest BCUT2D eigenvalue weighted by Gasteiger charge is -2.66. The van der Waals surface area contributed by atoms with E-state index >= 15 is 0 Å². The molecule has 0 nitrogen and oxygen atoms in total. The van der Waals surface area contributed by atoms with E-state index in [1.807, 2.05) is 0 Å². The largest absolute Gasteiger partial charge is 0.120 e. The Balaban J connectivity index is 1.82. The molecule has 0 spiro atoms. The van der Waals surface area contributed by atoms with Crippen LogP contribution in [0.4, 0.5) is 0 Å². The molecule has 4 aliphatic rings. The van der Waals surface area contributed by atoms with Crippen LogP contribution in [0.2, 0.25) is 0 Å². The SMILES string of the molecule is C#C[C@]1(C)CC[C@H]2[C@]3(C)CCC4=CC(=C)CC[C@]4(C)[C@H]3[C@@H](C)C[C@@]21C. The van der Waals surface area contributed by atoms with Crippen LogP contribution in [0.25, 0.3) is 0 Å². The molecule has 0 unspecified atom stereocenters. The molecule has 0 aromatic heterocycles. The van der Waals surface area contributed by atoms with Gasteiger partial charge in [-0.15, -0.1) is 6.42 Å². The first-order chi connectivity index (χ1) is 11.6. The fourth-order valence-electron chi connectivity index (χ4n) is 8.60. The van der Waals surface area contributed by atoms with Crippen molar-refractivity contribution >= 4 is 0 Å². The monoisotopic (exact) mass is 336 g/mol. The molecule has 3 fully saturated rings. The van der Waals surface area contributed by atoms with Crippen molar-refractivity contribution in [2.45, 2.75) is 79.6 Å². The summed E-state index contributed by atoms with van der Waals surface area (Å²) in [4.78, 5) is 0. The normalized spacial score (nSPS) is 54.8. The minimum Gasteiger partial charge on any atom is -0.120 e. The lowest BCUT2D eigenvalue weighted by atomic mass is 9.38. The molecule has 0 aliphatic heterocycles. The molecule has 0 N–H and O–H groups in total. The third-order valence-corrected chi connectivity index (χ3v) is 9.80. The third kappa shape index (κ3) is 1.97. The summed E-state index contributed by atoms with van der Waals surface area (Å²) in [5.74, 6) is 5.59. The van der Waals surface area contributed by atoms with Gasteiger partial charge in [0.1, 0.15) is 0 Å². The summed E-state index contributed by atoms with van der Waals surface area (Å²) in [7, 11) is 0. The van der Waals surface area contributed by atoms with Gasteiger partial charge in [-0.1, -0.05) is 57.4 Å². The second kappa shape index (κ2) is 5.06. The minimum absolute atomic E-state index is 0.0811. The molecular formula is C25H36. The average molecular weight is 337 g/mol. The summed E-state index contributed by atoms with van der Waals surface area (Å²) in [6, 6.07) is 0. The Bertz CT molecular complexity index is 689.